The average Bonchev–Trinajstić information content (AvgIpc) is 3.27. The number of hydrogen-bond acceptors (Lipinski definition) is 9. The molecule has 1 aliphatic rings. The van der Waals surface area contributed by atoms with Gasteiger partial charge in [-0.05, 0) is 97.2 Å². The average molecular weight is 832 g/mol. The van der Waals surface area contributed by atoms with E-state index in [-0.39, 0.29) is 62.0 Å². The summed E-state index contributed by atoms with van der Waals surface area (Å²) in [6.45, 7) is 7.37. The molecule has 0 unspecified atom stereocenters. The molecule has 1 heterocycles. The van der Waals surface area contributed by atoms with E-state index in [0.717, 1.165) is 36.0 Å². The summed E-state index contributed by atoms with van der Waals surface area (Å²) in [5, 5.41) is 3.15. The van der Waals surface area contributed by atoms with Gasteiger partial charge in [0.1, 0.15) is 30.8 Å². The summed E-state index contributed by atoms with van der Waals surface area (Å²) in [6, 6.07) is 26.0. The Kier molecular flexibility index (Phi) is 17.6. The Hall–Kier alpha value is -5.36. The Morgan fingerprint density at radius 1 is 0.787 bits per heavy atom. The predicted octanol–water partition coefficient (Wildman–Crippen LogP) is 7.21. The van der Waals surface area contributed by atoms with Crippen molar-refractivity contribution in [2.75, 3.05) is 39.9 Å². The van der Waals surface area contributed by atoms with Gasteiger partial charge in [-0.1, -0.05) is 87.9 Å². The van der Waals surface area contributed by atoms with E-state index in [4.69, 9.17) is 26.7 Å². The van der Waals surface area contributed by atoms with Gasteiger partial charge in [0.25, 0.3) is 0 Å². The van der Waals surface area contributed by atoms with Crippen molar-refractivity contribution in [1.29, 1.82) is 0 Å². The van der Waals surface area contributed by atoms with Gasteiger partial charge >= 0.3 is 0 Å². The zero-order valence-electron chi connectivity index (χ0n) is 36.4. The highest BCUT2D eigenvalue weighted by Crippen LogP contribution is 2.41. The molecular weight excluding hydrogens is 767 g/mol. The molecule has 0 aliphatic carbocycles. The lowest BCUT2D eigenvalue weighted by Crippen LogP contribution is -2.43. The highest BCUT2D eigenvalue weighted by atomic mass is 16.5. The molecule has 5 rings (SSSR count). The van der Waals surface area contributed by atoms with Crippen molar-refractivity contribution in [3.63, 3.8) is 0 Å². The summed E-state index contributed by atoms with van der Waals surface area (Å²) >= 11 is 0. The number of benzene rings is 4. The second-order valence-electron chi connectivity index (χ2n) is 16.2. The number of unbranched alkanes of at least 4 members (excludes halogenated alkanes) is 1. The van der Waals surface area contributed by atoms with Crippen LogP contribution < -0.4 is 32.0 Å². The zero-order chi connectivity index (χ0) is 43.9. The Morgan fingerprint density at radius 3 is 2.02 bits per heavy atom. The number of aryl methyl sites for hydroxylation is 1. The van der Waals surface area contributed by atoms with Crippen molar-refractivity contribution >= 4 is 23.4 Å². The first-order valence-electron chi connectivity index (χ1n) is 22.0. The molecule has 0 saturated heterocycles. The number of ketones is 2. The standard InChI is InChI=1S/C50H65N5O6/c1-5-7-9-34-11-14-36(15-12-34)37-16-18-38(19-17-37)44(56)32-40(10-8-23-51)50(59)55(4)48-39-20-22-47(61-27-25-53)43(31-39)42-30-35(13-21-46(42)60-26-24-52)29-41(6-2)54-49(58)33(3)28-45(48)57/h11-22,30-31,33,40-41,48H,5-10,23-29,32,51-53H2,1-4H3,(H,54,58)/t33-,40-,41-,48+/m1/s1. The monoisotopic (exact) mass is 831 g/mol. The molecule has 4 atom stereocenters. The van der Waals surface area contributed by atoms with Gasteiger partial charge in [0.2, 0.25) is 11.8 Å². The van der Waals surface area contributed by atoms with E-state index in [2.05, 4.69) is 36.5 Å². The molecule has 326 valence electrons. The summed E-state index contributed by atoms with van der Waals surface area (Å²) < 4.78 is 12.3. The molecule has 11 heteroatoms. The normalized spacial score (nSPS) is 17.2. The van der Waals surface area contributed by atoms with Crippen molar-refractivity contribution < 1.29 is 28.7 Å². The van der Waals surface area contributed by atoms with E-state index in [1.807, 2.05) is 55.5 Å². The largest absolute Gasteiger partial charge is 0.492 e. The SMILES string of the molecule is CCCCc1ccc(-c2ccc(C(=O)C[C@@H](CCCN)C(=O)N(C)[C@@H]3C(=O)C[C@@H](C)C(=O)N[C@H](CC)Cc4ccc(OCCN)c(c4)-c4cc3ccc4OCCN)cc2)cc1. The van der Waals surface area contributed by atoms with Crippen LogP contribution in [0.5, 0.6) is 11.5 Å². The molecule has 61 heavy (non-hydrogen) atoms. The first-order chi connectivity index (χ1) is 29.5. The molecule has 0 fully saturated rings. The van der Waals surface area contributed by atoms with Crippen LogP contribution in [0.2, 0.25) is 0 Å². The van der Waals surface area contributed by atoms with Crippen LogP contribution in [0, 0.1) is 11.8 Å². The van der Waals surface area contributed by atoms with Gasteiger partial charge in [-0.15, -0.1) is 0 Å². The van der Waals surface area contributed by atoms with Crippen molar-refractivity contribution in [2.45, 2.75) is 90.6 Å². The van der Waals surface area contributed by atoms with Crippen LogP contribution in [0.4, 0.5) is 0 Å². The van der Waals surface area contributed by atoms with Gasteiger partial charge in [-0.25, -0.2) is 0 Å². The van der Waals surface area contributed by atoms with Crippen LogP contribution in [0.15, 0.2) is 84.9 Å². The molecular formula is C50H65N5O6. The minimum absolute atomic E-state index is 0.0570. The fourth-order valence-corrected chi connectivity index (χ4v) is 8.02. The number of hydrogen-bond donors (Lipinski definition) is 4. The fourth-order valence-electron chi connectivity index (χ4n) is 8.02. The summed E-state index contributed by atoms with van der Waals surface area (Å²) in [7, 11) is 1.60. The highest BCUT2D eigenvalue weighted by Gasteiger charge is 2.35. The molecule has 0 aromatic heterocycles. The first kappa shape index (κ1) is 46.7. The maximum atomic E-state index is 14.7. The number of nitrogens with two attached hydrogens (primary N) is 3. The number of nitrogens with zero attached hydrogens (tertiary/aromatic N) is 1. The number of carbonyl (C=O) groups excluding carboxylic acids is 4. The summed E-state index contributed by atoms with van der Waals surface area (Å²) in [5.74, 6) is -1.38. The lowest BCUT2D eigenvalue weighted by atomic mass is 9.88. The molecule has 0 spiro atoms. The van der Waals surface area contributed by atoms with Crippen molar-refractivity contribution in [3.05, 3.63) is 107 Å². The number of ether oxygens (including phenoxy) is 2. The summed E-state index contributed by atoms with van der Waals surface area (Å²) in [6.07, 6.45) is 5.28. The molecule has 0 radical (unpaired) electrons. The highest BCUT2D eigenvalue weighted by molar-refractivity contribution is 6.00. The van der Waals surface area contributed by atoms with E-state index >= 15 is 0 Å². The molecule has 4 aromatic carbocycles. The Bertz CT molecular complexity index is 2090. The number of rotatable bonds is 19. The topological polar surface area (TPSA) is 180 Å². The van der Waals surface area contributed by atoms with Gasteiger partial charge in [0.15, 0.2) is 11.6 Å². The molecule has 11 nitrogen and oxygen atoms in total. The summed E-state index contributed by atoms with van der Waals surface area (Å²) in [5.41, 5.74) is 24.4. The number of fused-ring (bicyclic) bond motifs is 5. The molecule has 1 aliphatic heterocycles. The maximum absolute atomic E-state index is 14.7. The van der Waals surface area contributed by atoms with Gasteiger partial charge in [-0.2, -0.15) is 0 Å². The molecule has 7 N–H and O–H groups in total. The second kappa shape index (κ2) is 23.0. The van der Waals surface area contributed by atoms with Gasteiger partial charge in [-0.3, -0.25) is 19.2 Å². The van der Waals surface area contributed by atoms with E-state index in [1.165, 1.54) is 10.5 Å². The van der Waals surface area contributed by atoms with Crippen molar-refractivity contribution in [1.82, 2.24) is 10.2 Å². The van der Waals surface area contributed by atoms with Crippen LogP contribution in [0.25, 0.3) is 22.3 Å². The fraction of sp³-hybridized carbons (Fsp3) is 0.440. The Morgan fingerprint density at radius 2 is 1.41 bits per heavy atom. The van der Waals surface area contributed by atoms with Gasteiger partial charge < -0.3 is 36.9 Å². The van der Waals surface area contributed by atoms with Crippen LogP contribution >= 0.6 is 0 Å². The molecule has 4 bridgehead atoms. The van der Waals surface area contributed by atoms with Crippen molar-refractivity contribution in [2.24, 2.45) is 29.0 Å². The number of Topliss-reactive ketones (excluding diaryl/α,β-unsaturated/α-hetero) is 2. The number of nitrogens with one attached hydrogen (secondary N) is 1. The molecule has 2 amide bonds. The Balaban J connectivity index is 1.51. The van der Waals surface area contributed by atoms with Crippen molar-refractivity contribution in [3.8, 4) is 33.8 Å². The third-order valence-corrected chi connectivity index (χ3v) is 11.6. The third-order valence-electron chi connectivity index (χ3n) is 11.6. The number of likely N-dealkylation sites (N-methyl/N-ethyl adjacent to an activating group) is 1. The second-order valence-corrected chi connectivity index (χ2v) is 16.2. The van der Waals surface area contributed by atoms with E-state index in [1.54, 1.807) is 26.1 Å². The van der Waals surface area contributed by atoms with E-state index < -0.39 is 17.9 Å². The minimum Gasteiger partial charge on any atom is -0.492 e. The maximum Gasteiger partial charge on any atom is 0.226 e. The molecule has 4 aromatic rings. The van der Waals surface area contributed by atoms with Crippen LogP contribution in [0.3, 0.4) is 0 Å². The predicted molar refractivity (Wildman–Crippen MR) is 242 cm³/mol. The minimum atomic E-state index is -1.09. The number of amides is 2. The zero-order valence-corrected chi connectivity index (χ0v) is 36.4. The van der Waals surface area contributed by atoms with Gasteiger partial charge in [0, 0.05) is 67.5 Å². The van der Waals surface area contributed by atoms with Crippen LogP contribution in [0.1, 0.15) is 98.8 Å². The van der Waals surface area contributed by atoms with Gasteiger partial charge in [0.05, 0.1) is 0 Å². The third kappa shape index (κ3) is 12.4. The Labute approximate surface area is 361 Å². The van der Waals surface area contributed by atoms with Crippen LogP contribution in [-0.2, 0) is 27.2 Å². The number of carbonyl (C=O) groups is 4. The molecule has 0 saturated carbocycles. The summed E-state index contributed by atoms with van der Waals surface area (Å²) in [4.78, 5) is 58.4. The lowest BCUT2D eigenvalue weighted by Gasteiger charge is -2.32. The van der Waals surface area contributed by atoms with E-state index in [0.29, 0.717) is 72.5 Å². The van der Waals surface area contributed by atoms with E-state index in [9.17, 15) is 19.2 Å². The quantitative estimate of drug-likeness (QED) is 0.0711. The van der Waals surface area contributed by atoms with Crippen LogP contribution in [-0.4, -0.2) is 74.2 Å². The smallest absolute Gasteiger partial charge is 0.226 e. The first-order valence-corrected chi connectivity index (χ1v) is 22.0. The lowest BCUT2D eigenvalue weighted by molar-refractivity contribution is -0.142.